The first kappa shape index (κ1) is 16.8. The van der Waals surface area contributed by atoms with E-state index in [-0.39, 0.29) is 18.0 Å². The molecule has 0 aromatic heterocycles. The normalized spacial score (nSPS) is 21.5. The monoisotopic (exact) mass is 329 g/mol. The Labute approximate surface area is 143 Å². The Morgan fingerprint density at radius 3 is 2.46 bits per heavy atom. The number of urea groups is 1. The van der Waals surface area contributed by atoms with Crippen LogP contribution in [0, 0.1) is 0 Å². The molecule has 1 aromatic rings. The molecule has 24 heavy (non-hydrogen) atoms. The Morgan fingerprint density at radius 2 is 1.83 bits per heavy atom. The zero-order chi connectivity index (χ0) is 17.1. The predicted octanol–water partition coefficient (Wildman–Crippen LogP) is 3.48. The number of likely N-dealkylation sites (tertiary alicyclic amines) is 1. The molecule has 5 nitrogen and oxygen atoms in total. The topological polar surface area (TPSA) is 61.4 Å². The maximum atomic E-state index is 12.2. The van der Waals surface area contributed by atoms with Crippen LogP contribution in [0.1, 0.15) is 57.4 Å². The summed E-state index contributed by atoms with van der Waals surface area (Å²) in [5.41, 5.74) is 2.02. The summed E-state index contributed by atoms with van der Waals surface area (Å²) in [6.45, 7) is 4.92. The maximum Gasteiger partial charge on any atom is 0.319 e. The van der Waals surface area contributed by atoms with Gasteiger partial charge in [0.25, 0.3) is 0 Å². The van der Waals surface area contributed by atoms with Crippen LogP contribution in [-0.2, 0) is 4.79 Å². The smallest absolute Gasteiger partial charge is 0.319 e. The van der Waals surface area contributed by atoms with E-state index in [1.165, 1.54) is 18.4 Å². The van der Waals surface area contributed by atoms with Crippen LogP contribution in [0.25, 0.3) is 0 Å². The van der Waals surface area contributed by atoms with Crippen molar-refractivity contribution in [1.29, 1.82) is 0 Å². The third kappa shape index (κ3) is 3.89. The summed E-state index contributed by atoms with van der Waals surface area (Å²) >= 11 is 0. The molecule has 0 spiro atoms. The highest BCUT2D eigenvalue weighted by Crippen LogP contribution is 2.27. The van der Waals surface area contributed by atoms with Gasteiger partial charge in [0.1, 0.15) is 0 Å². The van der Waals surface area contributed by atoms with Crippen LogP contribution in [0.2, 0.25) is 0 Å². The van der Waals surface area contributed by atoms with E-state index in [1.807, 2.05) is 29.2 Å². The summed E-state index contributed by atoms with van der Waals surface area (Å²) < 4.78 is 0. The van der Waals surface area contributed by atoms with E-state index in [1.54, 1.807) is 0 Å². The quantitative estimate of drug-likeness (QED) is 0.888. The van der Waals surface area contributed by atoms with Gasteiger partial charge in [-0.15, -0.1) is 0 Å². The molecular weight excluding hydrogens is 302 g/mol. The van der Waals surface area contributed by atoms with E-state index in [2.05, 4.69) is 24.5 Å². The maximum absolute atomic E-state index is 12.2. The van der Waals surface area contributed by atoms with Crippen molar-refractivity contribution in [2.75, 3.05) is 11.9 Å². The Hall–Kier alpha value is -2.04. The fourth-order valence-corrected chi connectivity index (χ4v) is 3.70. The van der Waals surface area contributed by atoms with Gasteiger partial charge in [-0.05, 0) is 36.5 Å². The second-order valence-corrected chi connectivity index (χ2v) is 7.26. The fraction of sp³-hybridized carbons (Fsp3) is 0.579. The van der Waals surface area contributed by atoms with Crippen molar-refractivity contribution in [3.05, 3.63) is 29.8 Å². The molecule has 0 radical (unpaired) electrons. The average molecular weight is 329 g/mol. The number of nitrogens with zero attached hydrogens (tertiary/aromatic N) is 1. The number of carbonyl (C=O) groups is 2. The minimum Gasteiger partial charge on any atom is -0.338 e. The van der Waals surface area contributed by atoms with Crippen molar-refractivity contribution < 1.29 is 9.59 Å². The van der Waals surface area contributed by atoms with Crippen LogP contribution in [0.3, 0.4) is 0 Å². The molecule has 1 aromatic carbocycles. The number of hydrogen-bond acceptors (Lipinski definition) is 2. The first-order valence-corrected chi connectivity index (χ1v) is 9.00. The first-order chi connectivity index (χ1) is 11.5. The molecule has 1 aliphatic carbocycles. The summed E-state index contributed by atoms with van der Waals surface area (Å²) in [5.74, 6) is 0.646. The second kappa shape index (κ2) is 7.24. The zero-order valence-electron chi connectivity index (χ0n) is 14.5. The predicted molar refractivity (Wildman–Crippen MR) is 95.1 cm³/mol. The molecular formula is C19H27N3O2. The average Bonchev–Trinajstić information content (AvgIpc) is 3.17. The van der Waals surface area contributed by atoms with Gasteiger partial charge in [0.2, 0.25) is 5.91 Å². The lowest BCUT2D eigenvalue weighted by molar-refractivity contribution is -0.129. The summed E-state index contributed by atoms with van der Waals surface area (Å²) in [5, 5.41) is 5.79. The van der Waals surface area contributed by atoms with Gasteiger partial charge in [-0.2, -0.15) is 0 Å². The molecule has 3 rings (SSSR count). The molecule has 1 saturated heterocycles. The standard InChI is InChI=1S/C19H27N3O2/c1-13(2)14-7-9-15(10-8-14)20-19(24)21-16-11-18(23)22(12-16)17-5-3-4-6-17/h7-10,13,16-17H,3-6,11-12H2,1-2H3,(H2,20,21,24). The number of rotatable bonds is 4. The molecule has 3 amide bonds. The lowest BCUT2D eigenvalue weighted by Crippen LogP contribution is -2.41. The van der Waals surface area contributed by atoms with Crippen LogP contribution in [0.15, 0.2) is 24.3 Å². The Bertz CT molecular complexity index is 591. The largest absolute Gasteiger partial charge is 0.338 e. The molecule has 1 unspecified atom stereocenters. The van der Waals surface area contributed by atoms with E-state index in [0.717, 1.165) is 18.5 Å². The highest BCUT2D eigenvalue weighted by molar-refractivity contribution is 5.90. The minimum absolute atomic E-state index is 0.0898. The lowest BCUT2D eigenvalue weighted by atomic mass is 10.0. The van der Waals surface area contributed by atoms with Crippen LogP contribution >= 0.6 is 0 Å². The molecule has 1 saturated carbocycles. The van der Waals surface area contributed by atoms with Crippen LogP contribution < -0.4 is 10.6 Å². The Morgan fingerprint density at radius 1 is 1.17 bits per heavy atom. The summed E-state index contributed by atoms with van der Waals surface area (Å²) in [4.78, 5) is 26.3. The Balaban J connectivity index is 1.51. The van der Waals surface area contributed by atoms with Gasteiger partial charge in [0.05, 0.1) is 6.04 Å². The van der Waals surface area contributed by atoms with Gasteiger partial charge < -0.3 is 15.5 Å². The summed E-state index contributed by atoms with van der Waals surface area (Å²) in [6.07, 6.45) is 5.04. The van der Waals surface area contributed by atoms with E-state index in [9.17, 15) is 9.59 Å². The third-order valence-corrected chi connectivity index (χ3v) is 5.09. The molecule has 1 heterocycles. The van der Waals surface area contributed by atoms with Crippen molar-refractivity contribution in [3.63, 3.8) is 0 Å². The van der Waals surface area contributed by atoms with Crippen LogP contribution in [0.4, 0.5) is 10.5 Å². The minimum atomic E-state index is -0.238. The number of hydrogen-bond donors (Lipinski definition) is 2. The summed E-state index contributed by atoms with van der Waals surface area (Å²) in [6, 6.07) is 7.95. The summed E-state index contributed by atoms with van der Waals surface area (Å²) in [7, 11) is 0. The number of amides is 3. The number of benzene rings is 1. The molecule has 5 heteroatoms. The van der Waals surface area contributed by atoms with Gasteiger partial charge in [-0.1, -0.05) is 38.8 Å². The van der Waals surface area contributed by atoms with Gasteiger partial charge in [-0.3, -0.25) is 4.79 Å². The second-order valence-electron chi connectivity index (χ2n) is 7.26. The highest BCUT2D eigenvalue weighted by Gasteiger charge is 2.36. The van der Waals surface area contributed by atoms with Crippen molar-refractivity contribution in [2.45, 2.75) is 64.0 Å². The van der Waals surface area contributed by atoms with E-state index in [4.69, 9.17) is 0 Å². The molecule has 130 valence electrons. The van der Waals surface area contributed by atoms with Crippen molar-refractivity contribution in [2.24, 2.45) is 0 Å². The molecule has 0 bridgehead atoms. The van der Waals surface area contributed by atoms with E-state index < -0.39 is 0 Å². The highest BCUT2D eigenvalue weighted by atomic mass is 16.2. The van der Waals surface area contributed by atoms with Crippen LogP contribution in [0.5, 0.6) is 0 Å². The van der Waals surface area contributed by atoms with E-state index in [0.29, 0.717) is 24.9 Å². The van der Waals surface area contributed by atoms with Crippen LogP contribution in [-0.4, -0.2) is 35.5 Å². The molecule has 2 N–H and O–H groups in total. The number of nitrogens with one attached hydrogen (secondary N) is 2. The van der Waals surface area contributed by atoms with Gasteiger partial charge in [-0.25, -0.2) is 4.79 Å². The van der Waals surface area contributed by atoms with Crippen molar-refractivity contribution in [1.82, 2.24) is 10.2 Å². The fourth-order valence-electron chi connectivity index (χ4n) is 3.70. The van der Waals surface area contributed by atoms with Gasteiger partial charge in [0.15, 0.2) is 0 Å². The first-order valence-electron chi connectivity index (χ1n) is 9.00. The third-order valence-electron chi connectivity index (χ3n) is 5.09. The number of carbonyl (C=O) groups excluding carboxylic acids is 2. The SMILES string of the molecule is CC(C)c1ccc(NC(=O)NC2CC(=O)N(C3CCCC3)C2)cc1. The van der Waals surface area contributed by atoms with E-state index >= 15 is 0 Å². The molecule has 1 aliphatic heterocycles. The number of anilines is 1. The van der Waals surface area contributed by atoms with Crippen molar-refractivity contribution in [3.8, 4) is 0 Å². The Kier molecular flexibility index (Phi) is 5.07. The van der Waals surface area contributed by atoms with Gasteiger partial charge in [0, 0.05) is 24.7 Å². The lowest BCUT2D eigenvalue weighted by Gasteiger charge is -2.24. The zero-order valence-corrected chi connectivity index (χ0v) is 14.5. The van der Waals surface area contributed by atoms with Crippen molar-refractivity contribution >= 4 is 17.6 Å². The molecule has 2 fully saturated rings. The molecule has 2 aliphatic rings. The molecule has 1 atom stereocenters. The van der Waals surface area contributed by atoms with Gasteiger partial charge >= 0.3 is 6.03 Å².